The van der Waals surface area contributed by atoms with Crippen LogP contribution in [0.4, 0.5) is 4.39 Å². The predicted molar refractivity (Wildman–Crippen MR) is 67.9 cm³/mol. The van der Waals surface area contributed by atoms with E-state index in [0.717, 1.165) is 0 Å². The standard InChI is InChI=1S/C12H13BrFNO3/c1-2-7(12(17)18)6-15-11(16)9-5-8(13)3-4-10(9)14/h3-5,7H,2,6H2,1H3,(H,15,16)(H,17,18). The Kier molecular flexibility index (Phi) is 5.27. The van der Waals surface area contributed by atoms with Gasteiger partial charge in [0.25, 0.3) is 5.91 Å². The van der Waals surface area contributed by atoms with Crippen LogP contribution in [0, 0.1) is 11.7 Å². The van der Waals surface area contributed by atoms with Crippen molar-refractivity contribution in [3.8, 4) is 0 Å². The average molecular weight is 318 g/mol. The maximum absolute atomic E-state index is 13.4. The molecule has 0 aromatic heterocycles. The number of carbonyl (C=O) groups is 2. The molecule has 6 heteroatoms. The number of hydrogen-bond acceptors (Lipinski definition) is 2. The summed E-state index contributed by atoms with van der Waals surface area (Å²) in [6.07, 6.45) is 0.399. The Morgan fingerprint density at radius 2 is 2.17 bits per heavy atom. The Bertz CT molecular complexity index is 465. The second-order valence-corrected chi connectivity index (χ2v) is 4.69. The molecule has 0 saturated carbocycles. The molecule has 0 spiro atoms. The van der Waals surface area contributed by atoms with Crippen LogP contribution < -0.4 is 5.32 Å². The zero-order valence-corrected chi connectivity index (χ0v) is 11.3. The van der Waals surface area contributed by atoms with Gasteiger partial charge >= 0.3 is 5.97 Å². The van der Waals surface area contributed by atoms with Crippen molar-refractivity contribution in [1.29, 1.82) is 0 Å². The van der Waals surface area contributed by atoms with Crippen LogP contribution in [0.1, 0.15) is 23.7 Å². The second-order valence-electron chi connectivity index (χ2n) is 3.78. The number of benzene rings is 1. The lowest BCUT2D eigenvalue weighted by Gasteiger charge is -2.11. The largest absolute Gasteiger partial charge is 0.481 e. The molecule has 2 N–H and O–H groups in total. The number of aliphatic carboxylic acids is 1. The number of amides is 1. The Labute approximate surface area is 112 Å². The molecule has 0 saturated heterocycles. The average Bonchev–Trinajstić information content (AvgIpc) is 2.32. The minimum Gasteiger partial charge on any atom is -0.481 e. The first kappa shape index (κ1) is 14.6. The highest BCUT2D eigenvalue weighted by molar-refractivity contribution is 9.10. The van der Waals surface area contributed by atoms with E-state index < -0.39 is 23.6 Å². The van der Waals surface area contributed by atoms with Gasteiger partial charge in [0.2, 0.25) is 0 Å². The third-order valence-corrected chi connectivity index (χ3v) is 3.02. The lowest BCUT2D eigenvalue weighted by Crippen LogP contribution is -2.33. The Hall–Kier alpha value is -1.43. The SMILES string of the molecule is CCC(CNC(=O)c1cc(Br)ccc1F)C(=O)O. The van der Waals surface area contributed by atoms with Crippen molar-refractivity contribution in [2.45, 2.75) is 13.3 Å². The van der Waals surface area contributed by atoms with E-state index in [9.17, 15) is 14.0 Å². The number of nitrogens with one attached hydrogen (secondary N) is 1. The number of carboxylic acid groups (broad SMARTS) is 1. The van der Waals surface area contributed by atoms with Crippen LogP contribution in [0.25, 0.3) is 0 Å². The van der Waals surface area contributed by atoms with Gasteiger partial charge in [-0.1, -0.05) is 22.9 Å². The van der Waals surface area contributed by atoms with Crippen LogP contribution in [-0.2, 0) is 4.79 Å². The molecule has 0 aliphatic carbocycles. The van der Waals surface area contributed by atoms with Gasteiger partial charge in [-0.05, 0) is 24.6 Å². The summed E-state index contributed by atoms with van der Waals surface area (Å²) >= 11 is 3.14. The lowest BCUT2D eigenvalue weighted by atomic mass is 10.1. The van der Waals surface area contributed by atoms with E-state index in [4.69, 9.17) is 5.11 Å². The molecule has 4 nitrogen and oxygen atoms in total. The molecule has 1 rings (SSSR count). The lowest BCUT2D eigenvalue weighted by molar-refractivity contribution is -0.141. The summed E-state index contributed by atoms with van der Waals surface area (Å²) < 4.78 is 14.0. The highest BCUT2D eigenvalue weighted by Gasteiger charge is 2.18. The molecular formula is C12H13BrFNO3. The summed E-state index contributed by atoms with van der Waals surface area (Å²) in [7, 11) is 0. The van der Waals surface area contributed by atoms with Crippen molar-refractivity contribution < 1.29 is 19.1 Å². The topological polar surface area (TPSA) is 66.4 Å². The molecule has 0 fully saturated rings. The quantitative estimate of drug-likeness (QED) is 0.876. The van der Waals surface area contributed by atoms with Gasteiger partial charge in [-0.15, -0.1) is 0 Å². The fraction of sp³-hybridized carbons (Fsp3) is 0.333. The molecule has 18 heavy (non-hydrogen) atoms. The first-order chi connectivity index (χ1) is 8.45. The Morgan fingerprint density at radius 1 is 1.50 bits per heavy atom. The molecule has 1 amide bonds. The third kappa shape index (κ3) is 3.80. The molecule has 98 valence electrons. The molecule has 1 atom stereocenters. The van der Waals surface area contributed by atoms with Crippen molar-refractivity contribution in [3.05, 3.63) is 34.1 Å². The van der Waals surface area contributed by atoms with Crippen molar-refractivity contribution in [2.24, 2.45) is 5.92 Å². The monoisotopic (exact) mass is 317 g/mol. The minimum atomic E-state index is -0.979. The van der Waals surface area contributed by atoms with Crippen LogP contribution >= 0.6 is 15.9 Å². The molecular weight excluding hydrogens is 305 g/mol. The highest BCUT2D eigenvalue weighted by Crippen LogP contribution is 2.15. The molecule has 0 heterocycles. The van der Waals surface area contributed by atoms with E-state index in [-0.39, 0.29) is 12.1 Å². The van der Waals surface area contributed by atoms with Crippen LogP contribution in [0.15, 0.2) is 22.7 Å². The summed E-state index contributed by atoms with van der Waals surface area (Å²) in [4.78, 5) is 22.5. The number of halogens is 2. The maximum Gasteiger partial charge on any atom is 0.308 e. The summed E-state index contributed by atoms with van der Waals surface area (Å²) in [6.45, 7) is 1.70. The molecule has 0 radical (unpaired) electrons. The van der Waals surface area contributed by atoms with Gasteiger partial charge in [-0.25, -0.2) is 4.39 Å². The van der Waals surface area contributed by atoms with E-state index in [1.807, 2.05) is 0 Å². The molecule has 0 aliphatic heterocycles. The van der Waals surface area contributed by atoms with Gasteiger partial charge in [0.15, 0.2) is 0 Å². The molecule has 1 aromatic rings. The minimum absolute atomic E-state index is 0.0172. The second kappa shape index (κ2) is 6.49. The van der Waals surface area contributed by atoms with Crippen molar-refractivity contribution in [2.75, 3.05) is 6.54 Å². The zero-order chi connectivity index (χ0) is 13.7. The Morgan fingerprint density at radius 3 is 2.72 bits per heavy atom. The molecule has 1 aromatic carbocycles. The van der Waals surface area contributed by atoms with Crippen molar-refractivity contribution in [3.63, 3.8) is 0 Å². The van der Waals surface area contributed by atoms with Gasteiger partial charge in [-0.3, -0.25) is 9.59 Å². The number of carboxylic acids is 1. The van der Waals surface area contributed by atoms with Crippen molar-refractivity contribution in [1.82, 2.24) is 5.32 Å². The van der Waals surface area contributed by atoms with Gasteiger partial charge in [0.1, 0.15) is 5.82 Å². The maximum atomic E-state index is 13.4. The fourth-order valence-corrected chi connectivity index (χ4v) is 1.75. The van der Waals surface area contributed by atoms with E-state index in [2.05, 4.69) is 21.2 Å². The fourth-order valence-electron chi connectivity index (χ4n) is 1.39. The van der Waals surface area contributed by atoms with Crippen LogP contribution in [0.5, 0.6) is 0 Å². The van der Waals surface area contributed by atoms with E-state index >= 15 is 0 Å². The Balaban J connectivity index is 2.71. The summed E-state index contributed by atoms with van der Waals surface area (Å²) in [5.41, 5.74) is -0.107. The van der Waals surface area contributed by atoms with Gasteiger partial charge in [-0.2, -0.15) is 0 Å². The van der Waals surface area contributed by atoms with Crippen LogP contribution in [-0.4, -0.2) is 23.5 Å². The number of rotatable bonds is 5. The summed E-state index contributed by atoms with van der Waals surface area (Å²) in [6, 6.07) is 4.01. The van der Waals surface area contributed by atoms with Crippen LogP contribution in [0.2, 0.25) is 0 Å². The van der Waals surface area contributed by atoms with E-state index in [1.54, 1.807) is 6.92 Å². The predicted octanol–water partition coefficient (Wildman–Crippen LogP) is 2.43. The first-order valence-corrected chi connectivity index (χ1v) is 6.21. The van der Waals surface area contributed by atoms with E-state index in [0.29, 0.717) is 10.9 Å². The molecule has 0 bridgehead atoms. The number of carbonyl (C=O) groups excluding carboxylic acids is 1. The zero-order valence-electron chi connectivity index (χ0n) is 9.74. The first-order valence-electron chi connectivity index (χ1n) is 5.41. The summed E-state index contributed by atoms with van der Waals surface area (Å²) in [5.74, 6) is -2.90. The van der Waals surface area contributed by atoms with Gasteiger partial charge in [0, 0.05) is 11.0 Å². The van der Waals surface area contributed by atoms with E-state index in [1.165, 1.54) is 18.2 Å². The smallest absolute Gasteiger partial charge is 0.308 e. The van der Waals surface area contributed by atoms with Gasteiger partial charge < -0.3 is 10.4 Å². The normalized spacial score (nSPS) is 11.9. The van der Waals surface area contributed by atoms with Crippen molar-refractivity contribution >= 4 is 27.8 Å². The molecule has 1 unspecified atom stereocenters. The van der Waals surface area contributed by atoms with Crippen LogP contribution in [0.3, 0.4) is 0 Å². The summed E-state index contributed by atoms with van der Waals surface area (Å²) in [5, 5.41) is 11.2. The highest BCUT2D eigenvalue weighted by atomic mass is 79.9. The van der Waals surface area contributed by atoms with Gasteiger partial charge in [0.05, 0.1) is 11.5 Å². The molecule has 0 aliphatic rings. The number of hydrogen-bond donors (Lipinski definition) is 2. The third-order valence-electron chi connectivity index (χ3n) is 2.52.